The van der Waals surface area contributed by atoms with Gasteiger partial charge in [0.15, 0.2) is 17.1 Å². The molecule has 0 saturated heterocycles. The van der Waals surface area contributed by atoms with Gasteiger partial charge in [0.25, 0.3) is 0 Å². The van der Waals surface area contributed by atoms with Crippen molar-refractivity contribution in [1.82, 2.24) is 24.4 Å². The summed E-state index contributed by atoms with van der Waals surface area (Å²) in [5, 5.41) is 10.3. The zero-order valence-corrected chi connectivity index (χ0v) is 17.7. The second-order valence-corrected chi connectivity index (χ2v) is 7.09. The van der Waals surface area contributed by atoms with Gasteiger partial charge in [-0.25, -0.2) is 9.50 Å². The molecule has 5 rings (SSSR count). The summed E-state index contributed by atoms with van der Waals surface area (Å²) < 4.78 is 20.1. The molecule has 0 amide bonds. The molecule has 0 fully saturated rings. The van der Waals surface area contributed by atoms with E-state index in [4.69, 9.17) is 19.3 Å². The van der Waals surface area contributed by atoms with Crippen LogP contribution in [-0.2, 0) is 7.05 Å². The number of rotatable bonds is 5. The number of fused-ring (bicyclic) bond motifs is 2. The third kappa shape index (κ3) is 3.04. The molecule has 5 aromatic rings. The van der Waals surface area contributed by atoms with Crippen molar-refractivity contribution in [3.8, 4) is 39.8 Å². The number of nitrogens with zero attached hydrogens (tertiary/aromatic N) is 5. The summed E-state index contributed by atoms with van der Waals surface area (Å²) in [6.07, 6.45) is 3.62. The fourth-order valence-corrected chi connectivity index (χ4v) is 3.79. The topological polar surface area (TPSA) is 75.7 Å². The monoisotopic (exact) mass is 415 g/mol. The lowest BCUT2D eigenvalue weighted by molar-refractivity contribution is 0.324. The van der Waals surface area contributed by atoms with Gasteiger partial charge in [-0.15, -0.1) is 0 Å². The van der Waals surface area contributed by atoms with E-state index in [9.17, 15) is 0 Å². The number of ether oxygens (including phenoxy) is 3. The Kier molecular flexibility index (Phi) is 4.47. The first-order valence-corrected chi connectivity index (χ1v) is 9.70. The Morgan fingerprint density at radius 2 is 1.61 bits per heavy atom. The van der Waals surface area contributed by atoms with Gasteiger partial charge in [-0.3, -0.25) is 4.68 Å². The molecule has 2 aromatic carbocycles. The second-order valence-electron chi connectivity index (χ2n) is 7.09. The van der Waals surface area contributed by atoms with Crippen LogP contribution in [0.25, 0.3) is 39.1 Å². The minimum Gasteiger partial charge on any atom is -0.493 e. The fraction of sp³-hybridized carbons (Fsp3) is 0.174. The lowest BCUT2D eigenvalue weighted by Gasteiger charge is -2.14. The maximum Gasteiger partial charge on any atom is 0.203 e. The molecule has 0 aliphatic rings. The molecular weight excluding hydrogens is 394 g/mol. The van der Waals surface area contributed by atoms with Crippen LogP contribution < -0.4 is 14.2 Å². The van der Waals surface area contributed by atoms with Gasteiger partial charge >= 0.3 is 0 Å². The van der Waals surface area contributed by atoms with Crippen molar-refractivity contribution < 1.29 is 14.2 Å². The summed E-state index contributed by atoms with van der Waals surface area (Å²) >= 11 is 0. The lowest BCUT2D eigenvalue weighted by atomic mass is 10.1. The van der Waals surface area contributed by atoms with Crippen molar-refractivity contribution in [3.05, 3.63) is 54.9 Å². The van der Waals surface area contributed by atoms with Crippen molar-refractivity contribution in [3.63, 3.8) is 0 Å². The van der Waals surface area contributed by atoms with Crippen molar-refractivity contribution in [2.24, 2.45) is 7.05 Å². The highest BCUT2D eigenvalue weighted by Gasteiger charge is 2.17. The summed E-state index contributed by atoms with van der Waals surface area (Å²) in [4.78, 5) is 4.50. The van der Waals surface area contributed by atoms with E-state index < -0.39 is 0 Å². The van der Waals surface area contributed by atoms with Crippen molar-refractivity contribution >= 4 is 16.6 Å². The zero-order valence-electron chi connectivity index (χ0n) is 17.7. The summed E-state index contributed by atoms with van der Waals surface area (Å²) in [6, 6.07) is 13.9. The third-order valence-corrected chi connectivity index (χ3v) is 5.36. The van der Waals surface area contributed by atoms with Gasteiger partial charge in [-0.2, -0.15) is 10.2 Å². The molecule has 31 heavy (non-hydrogen) atoms. The molecule has 3 aromatic heterocycles. The maximum absolute atomic E-state index is 5.51. The average molecular weight is 415 g/mol. The maximum atomic E-state index is 5.51. The lowest BCUT2D eigenvalue weighted by Crippen LogP contribution is -1.99. The largest absolute Gasteiger partial charge is 0.493 e. The summed E-state index contributed by atoms with van der Waals surface area (Å²) in [6.45, 7) is 0. The zero-order chi connectivity index (χ0) is 21.5. The number of hydrogen-bond donors (Lipinski definition) is 0. The highest BCUT2D eigenvalue weighted by Crippen LogP contribution is 2.41. The average Bonchev–Trinajstić information content (AvgIpc) is 3.41. The van der Waals surface area contributed by atoms with E-state index in [-0.39, 0.29) is 0 Å². The standard InChI is InChI=1S/C23H21N5O3/c1-27-19-9-14(5-6-15(19)13-25-27)17-12-22-24-8-7-18(28(22)26-17)16-10-20(29-2)23(31-4)21(11-16)30-3/h5-13H,1-4H3. The predicted octanol–water partition coefficient (Wildman–Crippen LogP) is 3.98. The summed E-state index contributed by atoms with van der Waals surface area (Å²) in [5.41, 5.74) is 5.35. The van der Waals surface area contributed by atoms with E-state index in [0.717, 1.165) is 39.1 Å². The Morgan fingerprint density at radius 1 is 0.839 bits per heavy atom. The third-order valence-electron chi connectivity index (χ3n) is 5.36. The van der Waals surface area contributed by atoms with Crippen LogP contribution in [0.15, 0.2) is 54.9 Å². The van der Waals surface area contributed by atoms with Crippen molar-refractivity contribution in [2.75, 3.05) is 21.3 Å². The molecule has 0 unspecified atom stereocenters. The van der Waals surface area contributed by atoms with Crippen LogP contribution in [0.1, 0.15) is 0 Å². The Bertz CT molecular complexity index is 1390. The SMILES string of the molecule is COc1cc(-c2ccnc3cc(-c4ccc5cnn(C)c5c4)nn23)cc(OC)c1OC. The van der Waals surface area contributed by atoms with E-state index in [1.54, 1.807) is 27.5 Å². The van der Waals surface area contributed by atoms with E-state index in [1.165, 1.54) is 0 Å². The van der Waals surface area contributed by atoms with E-state index in [0.29, 0.717) is 17.2 Å². The van der Waals surface area contributed by atoms with Gasteiger partial charge in [0.2, 0.25) is 5.75 Å². The van der Waals surface area contributed by atoms with Crippen LogP contribution in [0.3, 0.4) is 0 Å². The van der Waals surface area contributed by atoms with Crippen LogP contribution in [0.5, 0.6) is 17.2 Å². The Morgan fingerprint density at radius 3 is 2.32 bits per heavy atom. The molecule has 3 heterocycles. The molecule has 0 radical (unpaired) electrons. The van der Waals surface area contributed by atoms with Crippen LogP contribution in [0.4, 0.5) is 0 Å². The number of aromatic nitrogens is 5. The Balaban J connectivity index is 1.68. The predicted molar refractivity (Wildman–Crippen MR) is 118 cm³/mol. The van der Waals surface area contributed by atoms with E-state index in [2.05, 4.69) is 22.2 Å². The highest BCUT2D eigenvalue weighted by molar-refractivity contribution is 5.84. The normalized spacial score (nSPS) is 11.2. The molecule has 8 heteroatoms. The van der Waals surface area contributed by atoms with Crippen LogP contribution >= 0.6 is 0 Å². The summed E-state index contributed by atoms with van der Waals surface area (Å²) in [5.74, 6) is 1.70. The highest BCUT2D eigenvalue weighted by atomic mass is 16.5. The molecule has 0 N–H and O–H groups in total. The number of methoxy groups -OCH3 is 3. The molecule has 0 aliphatic heterocycles. The molecule has 0 aliphatic carbocycles. The second kappa shape index (κ2) is 7.32. The number of benzene rings is 2. The van der Waals surface area contributed by atoms with E-state index in [1.807, 2.05) is 52.8 Å². The summed E-state index contributed by atoms with van der Waals surface area (Å²) in [7, 11) is 6.72. The minimum atomic E-state index is 0.546. The van der Waals surface area contributed by atoms with Crippen LogP contribution in [-0.4, -0.2) is 45.7 Å². The molecule has 8 nitrogen and oxygen atoms in total. The van der Waals surface area contributed by atoms with Gasteiger partial charge in [0.05, 0.1) is 44.4 Å². The van der Waals surface area contributed by atoms with Crippen LogP contribution in [0, 0.1) is 0 Å². The molecule has 0 atom stereocenters. The first-order valence-electron chi connectivity index (χ1n) is 9.70. The fourth-order valence-electron chi connectivity index (χ4n) is 3.79. The molecule has 0 bridgehead atoms. The Labute approximate surface area is 178 Å². The molecular formula is C23H21N5O3. The molecule has 0 spiro atoms. The molecule has 0 saturated carbocycles. The smallest absolute Gasteiger partial charge is 0.203 e. The van der Waals surface area contributed by atoms with Crippen molar-refractivity contribution in [1.29, 1.82) is 0 Å². The quantitative estimate of drug-likeness (QED) is 0.432. The number of hydrogen-bond acceptors (Lipinski definition) is 6. The van der Waals surface area contributed by atoms with Crippen LogP contribution in [0.2, 0.25) is 0 Å². The van der Waals surface area contributed by atoms with E-state index >= 15 is 0 Å². The Hall–Kier alpha value is -4.07. The molecule has 156 valence electrons. The van der Waals surface area contributed by atoms with Gasteiger partial charge in [-0.05, 0) is 24.3 Å². The van der Waals surface area contributed by atoms with Gasteiger partial charge in [-0.1, -0.05) is 12.1 Å². The minimum absolute atomic E-state index is 0.546. The first kappa shape index (κ1) is 18.9. The van der Waals surface area contributed by atoms with Gasteiger partial charge in [0.1, 0.15) is 0 Å². The number of aryl methyl sites for hydroxylation is 1. The van der Waals surface area contributed by atoms with Gasteiger partial charge < -0.3 is 14.2 Å². The first-order chi connectivity index (χ1) is 15.1. The van der Waals surface area contributed by atoms with Gasteiger partial charge in [0, 0.05) is 35.8 Å². The van der Waals surface area contributed by atoms with Crippen molar-refractivity contribution in [2.45, 2.75) is 0 Å².